The lowest BCUT2D eigenvalue weighted by Crippen LogP contribution is -2.32. The zero-order valence-electron chi connectivity index (χ0n) is 11.4. The lowest BCUT2D eigenvalue weighted by Gasteiger charge is -2.11. The summed E-state index contributed by atoms with van der Waals surface area (Å²) in [6, 6.07) is 8.93. The summed E-state index contributed by atoms with van der Waals surface area (Å²) in [7, 11) is -3.52. The van der Waals surface area contributed by atoms with Gasteiger partial charge in [-0.25, -0.2) is 0 Å². The highest BCUT2D eigenvalue weighted by Gasteiger charge is 2.10. The molecule has 0 spiro atoms. The van der Waals surface area contributed by atoms with Gasteiger partial charge in [0.25, 0.3) is 10.2 Å². The maximum absolute atomic E-state index is 11.8. The van der Waals surface area contributed by atoms with Crippen molar-refractivity contribution in [3.63, 3.8) is 0 Å². The van der Waals surface area contributed by atoms with Crippen LogP contribution in [0.1, 0.15) is 13.8 Å². The van der Waals surface area contributed by atoms with Crippen molar-refractivity contribution in [2.75, 3.05) is 11.3 Å². The molecule has 7 heteroatoms. The summed E-state index contributed by atoms with van der Waals surface area (Å²) in [6.07, 6.45) is 1.67. The van der Waals surface area contributed by atoms with Crippen LogP contribution in [0, 0.1) is 5.92 Å². The molecule has 0 bridgehead atoms. The van der Waals surface area contributed by atoms with E-state index in [9.17, 15) is 8.42 Å². The van der Waals surface area contributed by atoms with E-state index in [-0.39, 0.29) is 5.92 Å². The van der Waals surface area contributed by atoms with E-state index in [1.807, 2.05) is 32.0 Å². The number of benzene rings is 1. The van der Waals surface area contributed by atoms with Gasteiger partial charge in [-0.05, 0) is 29.7 Å². The van der Waals surface area contributed by atoms with Crippen LogP contribution < -0.4 is 9.44 Å². The fraction of sp³-hybridized carbons (Fsp3) is 0.308. The van der Waals surface area contributed by atoms with E-state index in [1.165, 1.54) is 0 Å². The molecule has 6 nitrogen and oxygen atoms in total. The second kappa shape index (κ2) is 6.06. The summed E-state index contributed by atoms with van der Waals surface area (Å²) in [4.78, 5) is 0. The Morgan fingerprint density at radius 2 is 1.90 bits per heavy atom. The molecule has 0 fully saturated rings. The third-order valence-electron chi connectivity index (χ3n) is 2.63. The molecule has 0 aliphatic rings. The van der Waals surface area contributed by atoms with Gasteiger partial charge in [0.15, 0.2) is 0 Å². The van der Waals surface area contributed by atoms with Crippen LogP contribution in [0.25, 0.3) is 11.3 Å². The predicted molar refractivity (Wildman–Crippen MR) is 79.4 cm³/mol. The van der Waals surface area contributed by atoms with Crippen LogP contribution in [0.4, 0.5) is 5.69 Å². The number of rotatable bonds is 6. The molecule has 0 atom stereocenters. The Balaban J connectivity index is 2.04. The number of hydrogen-bond acceptors (Lipinski definition) is 3. The van der Waals surface area contributed by atoms with Gasteiger partial charge in [-0.15, -0.1) is 0 Å². The van der Waals surface area contributed by atoms with E-state index >= 15 is 0 Å². The number of hydrogen-bond donors (Lipinski definition) is 3. The summed E-state index contributed by atoms with van der Waals surface area (Å²) in [5.41, 5.74) is 2.35. The molecule has 20 heavy (non-hydrogen) atoms. The Morgan fingerprint density at radius 3 is 2.45 bits per heavy atom. The maximum atomic E-state index is 11.8. The van der Waals surface area contributed by atoms with E-state index in [4.69, 9.17) is 0 Å². The zero-order valence-corrected chi connectivity index (χ0v) is 12.2. The largest absolute Gasteiger partial charge is 0.299 e. The Labute approximate surface area is 118 Å². The number of aromatic nitrogens is 2. The number of aromatic amines is 1. The Kier molecular flexibility index (Phi) is 4.41. The quantitative estimate of drug-likeness (QED) is 0.761. The standard InChI is InChI=1S/C13H18N4O2S/c1-10(2)9-15-20(18,19)17-12-5-3-11(4-6-12)13-7-8-14-16-13/h3-8,10,15,17H,9H2,1-2H3,(H,14,16). The molecule has 2 aromatic rings. The highest BCUT2D eigenvalue weighted by molar-refractivity contribution is 7.90. The molecule has 0 saturated carbocycles. The predicted octanol–water partition coefficient (Wildman–Crippen LogP) is 1.98. The topological polar surface area (TPSA) is 86.9 Å². The molecule has 1 heterocycles. The molecule has 0 radical (unpaired) electrons. The summed E-state index contributed by atoms with van der Waals surface area (Å²) in [5.74, 6) is 0.259. The highest BCUT2D eigenvalue weighted by Crippen LogP contribution is 2.19. The SMILES string of the molecule is CC(C)CNS(=O)(=O)Nc1ccc(-c2ccn[nH]2)cc1. The number of nitrogens with zero attached hydrogens (tertiary/aromatic N) is 1. The van der Waals surface area contributed by atoms with Gasteiger partial charge in [-0.3, -0.25) is 9.82 Å². The van der Waals surface area contributed by atoms with Crippen LogP contribution in [-0.2, 0) is 10.2 Å². The molecule has 0 unspecified atom stereocenters. The maximum Gasteiger partial charge on any atom is 0.299 e. The van der Waals surface area contributed by atoms with Crippen molar-refractivity contribution in [2.45, 2.75) is 13.8 Å². The molecule has 1 aromatic heterocycles. The first-order chi connectivity index (χ1) is 9.46. The van der Waals surface area contributed by atoms with Crippen molar-refractivity contribution in [3.05, 3.63) is 36.5 Å². The highest BCUT2D eigenvalue weighted by atomic mass is 32.2. The van der Waals surface area contributed by atoms with Crippen LogP contribution in [-0.4, -0.2) is 25.2 Å². The second-order valence-corrected chi connectivity index (χ2v) is 6.40. The molecule has 0 saturated heterocycles. The Morgan fingerprint density at radius 1 is 1.20 bits per heavy atom. The molecule has 0 aliphatic carbocycles. The van der Waals surface area contributed by atoms with Crippen LogP contribution in [0.15, 0.2) is 36.5 Å². The van der Waals surface area contributed by atoms with Gasteiger partial charge in [-0.1, -0.05) is 26.0 Å². The van der Waals surface area contributed by atoms with Gasteiger partial charge in [0.05, 0.1) is 5.69 Å². The molecule has 0 aliphatic heterocycles. The average Bonchev–Trinajstić information content (AvgIpc) is 2.91. The van der Waals surface area contributed by atoms with Gasteiger partial charge >= 0.3 is 0 Å². The number of anilines is 1. The van der Waals surface area contributed by atoms with Crippen LogP contribution >= 0.6 is 0 Å². The summed E-state index contributed by atoms with van der Waals surface area (Å²) >= 11 is 0. The van der Waals surface area contributed by atoms with E-state index in [0.717, 1.165) is 11.3 Å². The zero-order chi connectivity index (χ0) is 14.6. The minimum atomic E-state index is -3.52. The second-order valence-electron chi connectivity index (χ2n) is 4.90. The average molecular weight is 294 g/mol. The van der Waals surface area contributed by atoms with Crippen molar-refractivity contribution >= 4 is 15.9 Å². The van der Waals surface area contributed by atoms with Crippen LogP contribution in [0.3, 0.4) is 0 Å². The number of nitrogens with one attached hydrogen (secondary N) is 3. The third-order valence-corrected chi connectivity index (χ3v) is 3.68. The smallest absolute Gasteiger partial charge is 0.278 e. The van der Waals surface area contributed by atoms with Gasteiger partial charge in [-0.2, -0.15) is 18.2 Å². The molecule has 2 rings (SSSR count). The summed E-state index contributed by atoms with van der Waals surface area (Å²) < 4.78 is 28.5. The van der Waals surface area contributed by atoms with Gasteiger partial charge in [0, 0.05) is 18.4 Å². The van der Waals surface area contributed by atoms with E-state index < -0.39 is 10.2 Å². The Hall–Kier alpha value is -1.86. The molecule has 0 amide bonds. The van der Waals surface area contributed by atoms with Crippen LogP contribution in [0.5, 0.6) is 0 Å². The normalized spacial score (nSPS) is 11.8. The van der Waals surface area contributed by atoms with Gasteiger partial charge in [0.2, 0.25) is 0 Å². The monoisotopic (exact) mass is 294 g/mol. The summed E-state index contributed by atoms with van der Waals surface area (Å²) in [6.45, 7) is 4.30. The van der Waals surface area contributed by atoms with Crippen molar-refractivity contribution in [2.24, 2.45) is 5.92 Å². The molecule has 3 N–H and O–H groups in total. The fourth-order valence-corrected chi connectivity index (χ4v) is 2.67. The third kappa shape index (κ3) is 4.07. The first-order valence-electron chi connectivity index (χ1n) is 6.33. The Bertz CT molecular complexity index is 634. The molecule has 1 aromatic carbocycles. The minimum absolute atomic E-state index is 0.259. The molecule has 108 valence electrons. The summed E-state index contributed by atoms with van der Waals surface area (Å²) in [5, 5.41) is 6.73. The first-order valence-corrected chi connectivity index (χ1v) is 7.82. The molecular weight excluding hydrogens is 276 g/mol. The van der Waals surface area contributed by atoms with Crippen LogP contribution in [0.2, 0.25) is 0 Å². The van der Waals surface area contributed by atoms with Crippen molar-refractivity contribution < 1.29 is 8.42 Å². The van der Waals surface area contributed by atoms with Crippen molar-refractivity contribution in [3.8, 4) is 11.3 Å². The van der Waals surface area contributed by atoms with Crippen molar-refractivity contribution in [1.29, 1.82) is 0 Å². The van der Waals surface area contributed by atoms with Gasteiger partial charge < -0.3 is 0 Å². The van der Waals surface area contributed by atoms with E-state index in [2.05, 4.69) is 19.6 Å². The van der Waals surface area contributed by atoms with E-state index in [0.29, 0.717) is 12.2 Å². The van der Waals surface area contributed by atoms with E-state index in [1.54, 1.807) is 18.3 Å². The minimum Gasteiger partial charge on any atom is -0.278 e. The van der Waals surface area contributed by atoms with Crippen molar-refractivity contribution in [1.82, 2.24) is 14.9 Å². The lowest BCUT2D eigenvalue weighted by molar-refractivity contribution is 0.565. The fourth-order valence-electron chi connectivity index (χ4n) is 1.60. The van der Waals surface area contributed by atoms with Gasteiger partial charge in [0.1, 0.15) is 0 Å². The first kappa shape index (κ1) is 14.5. The molecular formula is C13H18N4O2S. The number of H-pyrrole nitrogens is 1. The lowest BCUT2D eigenvalue weighted by atomic mass is 10.1.